The maximum absolute atomic E-state index is 12.2. The molecule has 2 N–H and O–H groups in total. The van der Waals surface area contributed by atoms with Gasteiger partial charge in [0.15, 0.2) is 0 Å². The molecule has 1 amide bonds. The van der Waals surface area contributed by atoms with Crippen LogP contribution >= 0.6 is 0 Å². The molecule has 5 nitrogen and oxygen atoms in total. The van der Waals surface area contributed by atoms with Gasteiger partial charge in [0.05, 0.1) is 0 Å². The lowest BCUT2D eigenvalue weighted by Crippen LogP contribution is -2.33. The molecule has 1 aromatic rings. The average molecular weight is 290 g/mol. The summed E-state index contributed by atoms with van der Waals surface area (Å²) >= 11 is 0. The van der Waals surface area contributed by atoms with Crippen molar-refractivity contribution < 1.29 is 14.7 Å². The maximum Gasteiger partial charge on any atom is 0.328 e. The molecule has 5 heteroatoms. The number of amides is 1. The first-order valence-electron chi connectivity index (χ1n) is 7.06. The van der Waals surface area contributed by atoms with Crippen LogP contribution in [0, 0.1) is 5.92 Å². The van der Waals surface area contributed by atoms with Gasteiger partial charge in [0.1, 0.15) is 0 Å². The zero-order valence-electron chi connectivity index (χ0n) is 12.7. The highest BCUT2D eigenvalue weighted by molar-refractivity contribution is 5.98. The number of hydrogen-bond acceptors (Lipinski definition) is 3. The fourth-order valence-electron chi connectivity index (χ4n) is 1.86. The number of rotatable bonds is 7. The molecule has 0 fully saturated rings. The van der Waals surface area contributed by atoms with E-state index in [-0.39, 0.29) is 11.9 Å². The molecule has 1 unspecified atom stereocenters. The molecular formula is C16H22N2O3. The number of carbonyl (C=O) groups is 2. The Balaban J connectivity index is 2.76. The van der Waals surface area contributed by atoms with Crippen LogP contribution in [0.3, 0.4) is 0 Å². The molecule has 1 aromatic heterocycles. The molecule has 0 aliphatic carbocycles. The standard InChI is InChI=1S/C16H22N2O3/c1-11(2)4-5-12(3)18-16(21)14-8-9-17-10-13(14)6-7-15(19)20/h6-12H,4-5H2,1-3H3,(H,18,21)(H,19,20). The summed E-state index contributed by atoms with van der Waals surface area (Å²) in [6.07, 6.45) is 7.33. The number of nitrogens with one attached hydrogen (secondary N) is 1. The first-order chi connectivity index (χ1) is 9.90. The molecule has 1 heterocycles. The van der Waals surface area contributed by atoms with Crippen LogP contribution in [0.1, 0.15) is 49.5 Å². The Morgan fingerprint density at radius 1 is 1.33 bits per heavy atom. The summed E-state index contributed by atoms with van der Waals surface area (Å²) in [4.78, 5) is 26.7. The van der Waals surface area contributed by atoms with E-state index in [0.29, 0.717) is 17.0 Å². The van der Waals surface area contributed by atoms with Crippen LogP contribution in [0.5, 0.6) is 0 Å². The molecule has 0 bridgehead atoms. The third kappa shape index (κ3) is 6.21. The van der Waals surface area contributed by atoms with Crippen molar-refractivity contribution in [3.8, 4) is 0 Å². The van der Waals surface area contributed by atoms with Crippen LogP contribution in [0.15, 0.2) is 24.5 Å². The molecule has 0 saturated heterocycles. The number of carbonyl (C=O) groups excluding carboxylic acids is 1. The van der Waals surface area contributed by atoms with Crippen molar-refractivity contribution in [3.63, 3.8) is 0 Å². The van der Waals surface area contributed by atoms with E-state index < -0.39 is 5.97 Å². The first kappa shape index (κ1) is 16.9. The van der Waals surface area contributed by atoms with Gasteiger partial charge in [-0.1, -0.05) is 13.8 Å². The van der Waals surface area contributed by atoms with Gasteiger partial charge in [-0.05, 0) is 37.8 Å². The van der Waals surface area contributed by atoms with Crippen molar-refractivity contribution in [2.75, 3.05) is 0 Å². The summed E-state index contributed by atoms with van der Waals surface area (Å²) in [5.41, 5.74) is 0.923. The molecule has 0 aliphatic rings. The predicted octanol–water partition coefficient (Wildman–Crippen LogP) is 2.73. The summed E-state index contributed by atoms with van der Waals surface area (Å²) < 4.78 is 0. The Kier molecular flexibility index (Phi) is 6.59. The Hall–Kier alpha value is -2.17. The summed E-state index contributed by atoms with van der Waals surface area (Å²) in [7, 11) is 0. The van der Waals surface area contributed by atoms with Crippen molar-refractivity contribution in [2.45, 2.75) is 39.7 Å². The third-order valence-corrected chi connectivity index (χ3v) is 3.06. The summed E-state index contributed by atoms with van der Waals surface area (Å²) in [5.74, 6) is -0.673. The lowest BCUT2D eigenvalue weighted by Gasteiger charge is -2.15. The van der Waals surface area contributed by atoms with Crippen LogP contribution in [-0.2, 0) is 4.79 Å². The van der Waals surface area contributed by atoms with E-state index >= 15 is 0 Å². The van der Waals surface area contributed by atoms with Crippen LogP contribution in [0.4, 0.5) is 0 Å². The topological polar surface area (TPSA) is 79.3 Å². The van der Waals surface area contributed by atoms with E-state index in [1.165, 1.54) is 18.5 Å². The summed E-state index contributed by atoms with van der Waals surface area (Å²) in [6.45, 7) is 6.26. The van der Waals surface area contributed by atoms with Gasteiger partial charge in [-0.2, -0.15) is 0 Å². The van der Waals surface area contributed by atoms with Gasteiger partial charge in [0.2, 0.25) is 0 Å². The molecule has 21 heavy (non-hydrogen) atoms. The molecule has 0 aliphatic heterocycles. The van der Waals surface area contributed by atoms with Crippen molar-refractivity contribution in [2.24, 2.45) is 5.92 Å². The number of pyridine rings is 1. The first-order valence-corrected chi connectivity index (χ1v) is 7.06. The summed E-state index contributed by atoms with van der Waals surface area (Å²) in [5, 5.41) is 11.6. The largest absolute Gasteiger partial charge is 0.478 e. The average Bonchev–Trinajstić information content (AvgIpc) is 2.43. The van der Waals surface area contributed by atoms with Crippen molar-refractivity contribution in [1.29, 1.82) is 0 Å². The van der Waals surface area contributed by atoms with E-state index in [1.54, 1.807) is 6.07 Å². The second kappa shape index (κ2) is 8.19. The van der Waals surface area contributed by atoms with Gasteiger partial charge in [0.25, 0.3) is 5.91 Å². The zero-order chi connectivity index (χ0) is 15.8. The molecule has 1 atom stereocenters. The Bertz CT molecular complexity index is 524. The third-order valence-electron chi connectivity index (χ3n) is 3.06. The second-order valence-electron chi connectivity index (χ2n) is 5.48. The predicted molar refractivity (Wildman–Crippen MR) is 81.9 cm³/mol. The Labute approximate surface area is 125 Å². The van der Waals surface area contributed by atoms with Gasteiger partial charge in [-0.25, -0.2) is 4.79 Å². The van der Waals surface area contributed by atoms with Crippen molar-refractivity contribution in [1.82, 2.24) is 10.3 Å². The normalized spacial score (nSPS) is 12.6. The van der Waals surface area contributed by atoms with E-state index in [4.69, 9.17) is 5.11 Å². The van der Waals surface area contributed by atoms with E-state index in [1.807, 2.05) is 6.92 Å². The lowest BCUT2D eigenvalue weighted by atomic mass is 10.0. The lowest BCUT2D eigenvalue weighted by molar-refractivity contribution is -0.131. The van der Waals surface area contributed by atoms with Gasteiger partial charge >= 0.3 is 5.97 Å². The molecule has 0 spiro atoms. The van der Waals surface area contributed by atoms with E-state index in [9.17, 15) is 9.59 Å². The van der Waals surface area contributed by atoms with E-state index in [0.717, 1.165) is 18.9 Å². The number of carboxylic acid groups (broad SMARTS) is 1. The highest BCUT2D eigenvalue weighted by Crippen LogP contribution is 2.11. The minimum Gasteiger partial charge on any atom is -0.478 e. The Morgan fingerprint density at radius 3 is 2.67 bits per heavy atom. The van der Waals surface area contributed by atoms with Crippen LogP contribution in [-0.4, -0.2) is 28.0 Å². The number of nitrogens with zero attached hydrogens (tertiary/aromatic N) is 1. The monoisotopic (exact) mass is 290 g/mol. The minimum atomic E-state index is -1.06. The number of aliphatic carboxylic acids is 1. The van der Waals surface area contributed by atoms with Gasteiger partial charge in [-0.15, -0.1) is 0 Å². The zero-order valence-corrected chi connectivity index (χ0v) is 12.7. The smallest absolute Gasteiger partial charge is 0.328 e. The van der Waals surface area contributed by atoms with Crippen molar-refractivity contribution in [3.05, 3.63) is 35.7 Å². The molecule has 0 aromatic carbocycles. The highest BCUT2D eigenvalue weighted by Gasteiger charge is 2.13. The molecule has 1 rings (SSSR count). The summed E-state index contributed by atoms with van der Waals surface area (Å²) in [6, 6.07) is 1.66. The molecule has 114 valence electrons. The number of hydrogen-bond donors (Lipinski definition) is 2. The van der Waals surface area contributed by atoms with Gasteiger partial charge in [0, 0.05) is 35.6 Å². The van der Waals surface area contributed by atoms with Crippen LogP contribution in [0.2, 0.25) is 0 Å². The van der Waals surface area contributed by atoms with E-state index in [2.05, 4.69) is 24.1 Å². The van der Waals surface area contributed by atoms with Crippen LogP contribution in [0.25, 0.3) is 6.08 Å². The highest BCUT2D eigenvalue weighted by atomic mass is 16.4. The van der Waals surface area contributed by atoms with Crippen LogP contribution < -0.4 is 5.32 Å². The minimum absolute atomic E-state index is 0.0735. The fourth-order valence-corrected chi connectivity index (χ4v) is 1.86. The molecule has 0 saturated carbocycles. The Morgan fingerprint density at radius 2 is 2.05 bits per heavy atom. The number of aromatic nitrogens is 1. The molecule has 0 radical (unpaired) electrons. The van der Waals surface area contributed by atoms with Gasteiger partial charge in [-0.3, -0.25) is 9.78 Å². The fraction of sp³-hybridized carbons (Fsp3) is 0.438. The van der Waals surface area contributed by atoms with Gasteiger partial charge < -0.3 is 10.4 Å². The number of carboxylic acids is 1. The molecular weight excluding hydrogens is 268 g/mol. The SMILES string of the molecule is CC(C)CCC(C)NC(=O)c1ccncc1C=CC(=O)O. The van der Waals surface area contributed by atoms with Crippen molar-refractivity contribution >= 4 is 18.0 Å². The maximum atomic E-state index is 12.2. The quantitative estimate of drug-likeness (QED) is 0.757. The second-order valence-corrected chi connectivity index (χ2v) is 5.48.